The molecule has 1 saturated carbocycles. The van der Waals surface area contributed by atoms with Crippen molar-refractivity contribution in [1.29, 1.82) is 0 Å². The van der Waals surface area contributed by atoms with Crippen LogP contribution in [0.3, 0.4) is 0 Å². The highest BCUT2D eigenvalue weighted by molar-refractivity contribution is 5.99. The van der Waals surface area contributed by atoms with Gasteiger partial charge in [-0.1, -0.05) is 96.8 Å². The van der Waals surface area contributed by atoms with Crippen molar-refractivity contribution in [2.45, 2.75) is 116 Å². The van der Waals surface area contributed by atoms with Gasteiger partial charge in [0.2, 0.25) is 0 Å². The number of carbonyl (C=O) groups is 2. The van der Waals surface area contributed by atoms with Gasteiger partial charge in [0.1, 0.15) is 0 Å². The van der Waals surface area contributed by atoms with Crippen LogP contribution in [-0.4, -0.2) is 23.7 Å². The summed E-state index contributed by atoms with van der Waals surface area (Å²) in [6, 6.07) is 0. The number of esters is 1. The quantitative estimate of drug-likeness (QED) is 0.198. The van der Waals surface area contributed by atoms with Crippen molar-refractivity contribution in [3.8, 4) is 0 Å². The monoisotopic (exact) mass is 368 g/mol. The van der Waals surface area contributed by atoms with Crippen LogP contribution in [0.15, 0.2) is 0 Å². The number of carbonyl (C=O) groups excluding carboxylic acids is 1. The van der Waals surface area contributed by atoms with E-state index in [1.54, 1.807) is 0 Å². The summed E-state index contributed by atoms with van der Waals surface area (Å²) in [5.41, 5.74) is -1.25. The lowest BCUT2D eigenvalue weighted by Crippen LogP contribution is -2.38. The van der Waals surface area contributed by atoms with Gasteiger partial charge < -0.3 is 9.84 Å². The topological polar surface area (TPSA) is 63.6 Å². The maximum Gasteiger partial charge on any atom is 0.323 e. The minimum atomic E-state index is -1.25. The molecule has 1 rings (SSSR count). The first-order chi connectivity index (χ1) is 12.6. The molecule has 0 aliphatic heterocycles. The smallest absolute Gasteiger partial charge is 0.323 e. The zero-order valence-corrected chi connectivity index (χ0v) is 16.9. The predicted octanol–water partition coefficient (Wildman–Crippen LogP) is 6.27. The molecule has 0 amide bonds. The summed E-state index contributed by atoms with van der Waals surface area (Å²) in [6.45, 7) is 2.62. The van der Waals surface area contributed by atoms with E-state index >= 15 is 0 Å². The zero-order chi connectivity index (χ0) is 19.1. The molecule has 1 aliphatic carbocycles. The maximum atomic E-state index is 12.1. The molecule has 0 heterocycles. The van der Waals surface area contributed by atoms with Gasteiger partial charge in [0.25, 0.3) is 0 Å². The molecule has 0 aromatic rings. The standard InChI is InChI=1S/C22H40O4/c1-2-3-4-5-6-7-8-9-10-11-12-13-16-19-26-21(25)22(20(23)24)17-14-15-18-22/h2-19H2,1H3,(H,23,24). The Morgan fingerprint density at radius 1 is 0.769 bits per heavy atom. The summed E-state index contributed by atoms with van der Waals surface area (Å²) in [5, 5.41) is 9.35. The second kappa shape index (κ2) is 14.1. The molecule has 0 saturated heterocycles. The van der Waals surface area contributed by atoms with Crippen LogP contribution < -0.4 is 0 Å². The Hall–Kier alpha value is -1.06. The molecule has 0 atom stereocenters. The van der Waals surface area contributed by atoms with E-state index in [0.29, 0.717) is 19.4 Å². The van der Waals surface area contributed by atoms with Gasteiger partial charge in [-0.3, -0.25) is 9.59 Å². The Morgan fingerprint density at radius 2 is 1.19 bits per heavy atom. The lowest BCUT2D eigenvalue weighted by atomic mass is 9.86. The van der Waals surface area contributed by atoms with Crippen LogP contribution in [0.5, 0.6) is 0 Å². The van der Waals surface area contributed by atoms with E-state index in [9.17, 15) is 14.7 Å². The Balaban J connectivity index is 1.90. The number of ether oxygens (including phenoxy) is 1. The molecule has 1 aliphatic rings. The van der Waals surface area contributed by atoms with E-state index in [0.717, 1.165) is 25.7 Å². The fraction of sp³-hybridized carbons (Fsp3) is 0.909. The number of carboxylic acid groups (broad SMARTS) is 1. The SMILES string of the molecule is CCCCCCCCCCCCCCCOC(=O)C1(C(=O)O)CCCC1. The lowest BCUT2D eigenvalue weighted by Gasteiger charge is -2.21. The highest BCUT2D eigenvalue weighted by atomic mass is 16.5. The van der Waals surface area contributed by atoms with E-state index in [2.05, 4.69) is 6.92 Å². The predicted molar refractivity (Wildman–Crippen MR) is 105 cm³/mol. The molecule has 0 radical (unpaired) electrons. The molecular formula is C22H40O4. The molecule has 1 fully saturated rings. The van der Waals surface area contributed by atoms with E-state index in [1.165, 1.54) is 70.6 Å². The largest absolute Gasteiger partial charge is 0.480 e. The number of rotatable bonds is 16. The maximum absolute atomic E-state index is 12.1. The van der Waals surface area contributed by atoms with Gasteiger partial charge >= 0.3 is 11.9 Å². The number of unbranched alkanes of at least 4 members (excludes halogenated alkanes) is 12. The third-order valence-corrected chi connectivity index (χ3v) is 5.74. The molecule has 0 aromatic heterocycles. The first-order valence-corrected chi connectivity index (χ1v) is 11.0. The van der Waals surface area contributed by atoms with Gasteiger partial charge in [-0.05, 0) is 19.3 Å². The lowest BCUT2D eigenvalue weighted by molar-refractivity contribution is -0.168. The summed E-state index contributed by atoms with van der Waals surface area (Å²) in [4.78, 5) is 23.5. The molecule has 0 unspecified atom stereocenters. The minimum Gasteiger partial charge on any atom is -0.480 e. The molecule has 26 heavy (non-hydrogen) atoms. The molecular weight excluding hydrogens is 328 g/mol. The molecule has 4 nitrogen and oxygen atoms in total. The van der Waals surface area contributed by atoms with E-state index < -0.39 is 17.4 Å². The fourth-order valence-electron chi connectivity index (χ4n) is 3.91. The average Bonchev–Trinajstić information content (AvgIpc) is 3.13. The number of hydrogen-bond acceptors (Lipinski definition) is 3. The number of aliphatic carboxylic acids is 1. The highest BCUT2D eigenvalue weighted by Gasteiger charge is 2.49. The minimum absolute atomic E-state index is 0.367. The van der Waals surface area contributed by atoms with Crippen LogP contribution in [0.4, 0.5) is 0 Å². The average molecular weight is 369 g/mol. The van der Waals surface area contributed by atoms with Gasteiger partial charge in [-0.25, -0.2) is 0 Å². The van der Waals surface area contributed by atoms with Crippen molar-refractivity contribution in [3.63, 3.8) is 0 Å². The van der Waals surface area contributed by atoms with Crippen LogP contribution in [0.25, 0.3) is 0 Å². The first kappa shape index (κ1) is 23.0. The van der Waals surface area contributed by atoms with Crippen molar-refractivity contribution in [2.75, 3.05) is 6.61 Å². The van der Waals surface area contributed by atoms with Gasteiger partial charge in [0.05, 0.1) is 6.61 Å². The van der Waals surface area contributed by atoms with Crippen LogP contribution in [0, 0.1) is 5.41 Å². The van der Waals surface area contributed by atoms with Crippen molar-refractivity contribution < 1.29 is 19.4 Å². The summed E-state index contributed by atoms with van der Waals surface area (Å²) in [6.07, 6.45) is 19.1. The first-order valence-electron chi connectivity index (χ1n) is 11.0. The number of hydrogen-bond donors (Lipinski definition) is 1. The van der Waals surface area contributed by atoms with Crippen molar-refractivity contribution >= 4 is 11.9 Å². The Labute approximate surface area is 160 Å². The van der Waals surface area contributed by atoms with Gasteiger partial charge in [-0.2, -0.15) is 0 Å². The molecule has 0 bridgehead atoms. The third-order valence-electron chi connectivity index (χ3n) is 5.74. The Bertz CT molecular complexity index is 386. The van der Waals surface area contributed by atoms with E-state index in [-0.39, 0.29) is 0 Å². The van der Waals surface area contributed by atoms with Crippen molar-refractivity contribution in [2.24, 2.45) is 5.41 Å². The summed E-state index contributed by atoms with van der Waals surface area (Å²) < 4.78 is 5.27. The van der Waals surface area contributed by atoms with Crippen LogP contribution in [0.2, 0.25) is 0 Å². The Kier molecular flexibility index (Phi) is 12.4. The fourth-order valence-corrected chi connectivity index (χ4v) is 3.91. The van der Waals surface area contributed by atoms with Crippen LogP contribution in [0.1, 0.15) is 116 Å². The van der Waals surface area contributed by atoms with Gasteiger partial charge in [0.15, 0.2) is 5.41 Å². The second-order valence-corrected chi connectivity index (χ2v) is 7.97. The molecule has 4 heteroatoms. The second-order valence-electron chi connectivity index (χ2n) is 7.97. The van der Waals surface area contributed by atoms with E-state index in [1.807, 2.05) is 0 Å². The summed E-state index contributed by atoms with van der Waals surface area (Å²) in [7, 11) is 0. The third kappa shape index (κ3) is 8.55. The van der Waals surface area contributed by atoms with Crippen LogP contribution >= 0.6 is 0 Å². The highest BCUT2D eigenvalue weighted by Crippen LogP contribution is 2.39. The zero-order valence-electron chi connectivity index (χ0n) is 16.9. The molecule has 152 valence electrons. The molecule has 1 N–H and O–H groups in total. The normalized spacial score (nSPS) is 15.9. The van der Waals surface area contributed by atoms with Gasteiger partial charge in [0, 0.05) is 0 Å². The number of carboxylic acids is 1. The summed E-state index contributed by atoms with van der Waals surface area (Å²) >= 11 is 0. The van der Waals surface area contributed by atoms with Crippen molar-refractivity contribution in [1.82, 2.24) is 0 Å². The van der Waals surface area contributed by atoms with E-state index in [4.69, 9.17) is 4.74 Å². The molecule has 0 spiro atoms. The Morgan fingerprint density at radius 3 is 1.62 bits per heavy atom. The molecule has 0 aromatic carbocycles. The summed E-state index contributed by atoms with van der Waals surface area (Å²) in [5.74, 6) is -1.52. The van der Waals surface area contributed by atoms with Gasteiger partial charge in [-0.15, -0.1) is 0 Å². The van der Waals surface area contributed by atoms with Crippen LogP contribution in [-0.2, 0) is 14.3 Å². The van der Waals surface area contributed by atoms with Crippen molar-refractivity contribution in [3.05, 3.63) is 0 Å².